The maximum absolute atomic E-state index is 5.25. The van der Waals surface area contributed by atoms with E-state index in [1.165, 1.54) is 5.69 Å². The van der Waals surface area contributed by atoms with Crippen LogP contribution in [0.4, 0.5) is 0 Å². The van der Waals surface area contributed by atoms with Gasteiger partial charge in [0.25, 0.3) is 0 Å². The summed E-state index contributed by atoms with van der Waals surface area (Å²) in [4.78, 5) is 6.46. The van der Waals surface area contributed by atoms with Crippen LogP contribution in [0, 0.1) is 0 Å². The first-order valence-electron chi connectivity index (χ1n) is 7.39. The highest BCUT2D eigenvalue weighted by atomic mass is 79.9. The van der Waals surface area contributed by atoms with Gasteiger partial charge in [-0.25, -0.2) is 0 Å². The summed E-state index contributed by atoms with van der Waals surface area (Å²) in [5.74, 6) is 1.69. The second-order valence-corrected chi connectivity index (χ2v) is 6.19. The minimum absolute atomic E-state index is 0.701. The lowest BCUT2D eigenvalue weighted by Gasteiger charge is -2.22. The van der Waals surface area contributed by atoms with E-state index in [0.717, 1.165) is 28.3 Å². The zero-order valence-corrected chi connectivity index (χ0v) is 15.6. The lowest BCUT2D eigenvalue weighted by atomic mass is 10.2. The highest BCUT2D eigenvalue weighted by Crippen LogP contribution is 2.25. The van der Waals surface area contributed by atoms with Crippen molar-refractivity contribution in [2.24, 2.45) is 12.0 Å². The van der Waals surface area contributed by atoms with E-state index in [1.54, 1.807) is 14.2 Å². The number of aryl methyl sites for hydroxylation is 1. The molecule has 0 unspecified atom stereocenters. The van der Waals surface area contributed by atoms with Gasteiger partial charge in [0.1, 0.15) is 5.75 Å². The molecule has 0 radical (unpaired) electrons. The van der Waals surface area contributed by atoms with Crippen molar-refractivity contribution in [2.75, 3.05) is 21.2 Å². The summed E-state index contributed by atoms with van der Waals surface area (Å²) in [7, 11) is 7.55. The summed E-state index contributed by atoms with van der Waals surface area (Å²) in [6, 6.07) is 10.2. The molecule has 0 spiro atoms. The van der Waals surface area contributed by atoms with Gasteiger partial charge in [-0.1, -0.05) is 6.07 Å². The minimum atomic E-state index is 0.701. The maximum atomic E-state index is 5.25. The Kier molecular flexibility index (Phi) is 6.10. The Hall–Kier alpha value is -1.95. The molecule has 0 bridgehead atoms. The van der Waals surface area contributed by atoms with Crippen molar-refractivity contribution in [3.05, 3.63) is 52.3 Å². The summed E-state index contributed by atoms with van der Waals surface area (Å²) in [5.41, 5.74) is 2.40. The monoisotopic (exact) mass is 378 g/mol. The van der Waals surface area contributed by atoms with Crippen LogP contribution in [0.25, 0.3) is 0 Å². The van der Waals surface area contributed by atoms with Crippen molar-refractivity contribution in [1.82, 2.24) is 14.8 Å². The van der Waals surface area contributed by atoms with E-state index >= 15 is 0 Å². The summed E-state index contributed by atoms with van der Waals surface area (Å²) in [6.07, 6.45) is 2.05. The molecule has 0 amide bonds. The predicted molar refractivity (Wildman–Crippen MR) is 97.8 cm³/mol. The first kappa shape index (κ1) is 17.4. The van der Waals surface area contributed by atoms with Crippen LogP contribution >= 0.6 is 15.9 Å². The number of ether oxygens (including phenoxy) is 1. The number of aromatic nitrogens is 1. The van der Waals surface area contributed by atoms with Gasteiger partial charge in [0.05, 0.1) is 18.1 Å². The van der Waals surface area contributed by atoms with Crippen molar-refractivity contribution >= 4 is 21.9 Å². The van der Waals surface area contributed by atoms with E-state index in [2.05, 4.69) is 47.8 Å². The molecule has 0 saturated carbocycles. The third-order valence-electron chi connectivity index (χ3n) is 3.69. The minimum Gasteiger partial charge on any atom is -0.496 e. The van der Waals surface area contributed by atoms with Crippen molar-refractivity contribution in [3.63, 3.8) is 0 Å². The molecular formula is C17H23BrN4O. The standard InChI is InChI=1S/C17H23BrN4O/c1-19-17(22(3)12-14-6-5-9-21(14)2)20-11-13-7-8-16(23-4)15(18)10-13/h5-10H,11-12H2,1-4H3,(H,19,20). The van der Waals surface area contributed by atoms with Gasteiger partial charge in [0.15, 0.2) is 5.96 Å². The van der Waals surface area contributed by atoms with E-state index in [9.17, 15) is 0 Å². The number of nitrogens with one attached hydrogen (secondary N) is 1. The molecule has 0 fully saturated rings. The molecule has 124 valence electrons. The van der Waals surface area contributed by atoms with Crippen LogP contribution in [0.1, 0.15) is 11.3 Å². The SMILES string of the molecule is CN=C(NCc1ccc(OC)c(Br)c1)N(C)Cc1cccn1C. The molecule has 1 heterocycles. The highest BCUT2D eigenvalue weighted by Gasteiger charge is 2.09. The number of guanidine groups is 1. The number of aliphatic imine (C=N–C) groups is 1. The van der Waals surface area contributed by atoms with Gasteiger partial charge < -0.3 is 19.5 Å². The van der Waals surface area contributed by atoms with Gasteiger partial charge in [-0.2, -0.15) is 0 Å². The van der Waals surface area contributed by atoms with Crippen molar-refractivity contribution < 1.29 is 4.74 Å². The second kappa shape index (κ2) is 8.06. The Labute approximate surface area is 146 Å². The molecule has 23 heavy (non-hydrogen) atoms. The number of benzene rings is 1. The van der Waals surface area contributed by atoms with Crippen molar-refractivity contribution in [3.8, 4) is 5.75 Å². The van der Waals surface area contributed by atoms with Crippen molar-refractivity contribution in [1.29, 1.82) is 0 Å². The molecule has 5 nitrogen and oxygen atoms in total. The summed E-state index contributed by atoms with van der Waals surface area (Å²) in [6.45, 7) is 1.50. The number of nitrogens with zero attached hydrogens (tertiary/aromatic N) is 3. The Balaban J connectivity index is 1.97. The van der Waals surface area contributed by atoms with Crippen LogP contribution in [0.3, 0.4) is 0 Å². The Morgan fingerprint density at radius 2 is 2.17 bits per heavy atom. The summed E-state index contributed by atoms with van der Waals surface area (Å²) in [5, 5.41) is 3.39. The second-order valence-electron chi connectivity index (χ2n) is 5.34. The molecule has 0 aliphatic heterocycles. The first-order chi connectivity index (χ1) is 11.0. The van der Waals surface area contributed by atoms with Gasteiger partial charge in [-0.15, -0.1) is 0 Å². The van der Waals surface area contributed by atoms with Crippen LogP contribution in [-0.2, 0) is 20.1 Å². The third kappa shape index (κ3) is 4.51. The first-order valence-corrected chi connectivity index (χ1v) is 8.19. The highest BCUT2D eigenvalue weighted by molar-refractivity contribution is 9.10. The van der Waals surface area contributed by atoms with Crippen LogP contribution < -0.4 is 10.1 Å². The number of methoxy groups -OCH3 is 1. The quantitative estimate of drug-likeness (QED) is 0.642. The molecule has 1 aromatic carbocycles. The summed E-state index contributed by atoms with van der Waals surface area (Å²) < 4.78 is 8.32. The zero-order valence-electron chi connectivity index (χ0n) is 14.0. The van der Waals surface area contributed by atoms with E-state index in [0.29, 0.717) is 6.54 Å². The number of hydrogen-bond donors (Lipinski definition) is 1. The molecular weight excluding hydrogens is 356 g/mol. The lowest BCUT2D eigenvalue weighted by Crippen LogP contribution is -2.38. The number of rotatable bonds is 5. The van der Waals surface area contributed by atoms with Gasteiger partial charge in [-0.3, -0.25) is 4.99 Å². The third-order valence-corrected chi connectivity index (χ3v) is 4.31. The maximum Gasteiger partial charge on any atom is 0.194 e. The van der Waals surface area contributed by atoms with Crippen LogP contribution in [0.5, 0.6) is 5.75 Å². The Morgan fingerprint density at radius 1 is 1.39 bits per heavy atom. The van der Waals surface area contributed by atoms with Crippen LogP contribution in [0.15, 0.2) is 46.0 Å². The predicted octanol–water partition coefficient (Wildman–Crippen LogP) is 3.00. The van der Waals surface area contributed by atoms with Crippen LogP contribution in [-0.4, -0.2) is 36.6 Å². The largest absolute Gasteiger partial charge is 0.496 e. The molecule has 0 aliphatic carbocycles. The van der Waals surface area contributed by atoms with E-state index < -0.39 is 0 Å². The molecule has 1 N–H and O–H groups in total. The fourth-order valence-electron chi connectivity index (χ4n) is 2.36. The fraction of sp³-hybridized carbons (Fsp3) is 0.353. The van der Waals surface area contributed by atoms with E-state index in [4.69, 9.17) is 4.74 Å². The number of hydrogen-bond acceptors (Lipinski definition) is 2. The van der Waals surface area contributed by atoms with Crippen LogP contribution in [0.2, 0.25) is 0 Å². The van der Waals surface area contributed by atoms with Crippen molar-refractivity contribution in [2.45, 2.75) is 13.1 Å². The topological polar surface area (TPSA) is 41.8 Å². The molecule has 0 saturated heterocycles. The van der Waals surface area contributed by atoms with Gasteiger partial charge in [0.2, 0.25) is 0 Å². The summed E-state index contributed by atoms with van der Waals surface area (Å²) >= 11 is 3.51. The van der Waals surface area contributed by atoms with Gasteiger partial charge in [-0.05, 0) is 45.8 Å². The average Bonchev–Trinajstić information content (AvgIpc) is 2.93. The Bertz CT molecular complexity index is 681. The van der Waals surface area contributed by atoms with E-state index in [-0.39, 0.29) is 0 Å². The molecule has 0 aliphatic rings. The van der Waals surface area contributed by atoms with Gasteiger partial charge >= 0.3 is 0 Å². The number of halogens is 1. The van der Waals surface area contributed by atoms with E-state index in [1.807, 2.05) is 38.5 Å². The Morgan fingerprint density at radius 3 is 2.74 bits per heavy atom. The fourth-order valence-corrected chi connectivity index (χ4v) is 2.95. The zero-order chi connectivity index (χ0) is 16.8. The average molecular weight is 379 g/mol. The normalized spacial score (nSPS) is 11.4. The molecule has 2 aromatic rings. The molecule has 0 atom stereocenters. The van der Waals surface area contributed by atoms with Gasteiger partial charge in [0, 0.05) is 39.6 Å². The molecule has 2 rings (SSSR count). The lowest BCUT2D eigenvalue weighted by molar-refractivity contribution is 0.412. The molecule has 6 heteroatoms. The molecule has 1 aromatic heterocycles. The smallest absolute Gasteiger partial charge is 0.194 e.